The Morgan fingerprint density at radius 1 is 1.04 bits per heavy atom. The van der Waals surface area contributed by atoms with E-state index in [0.29, 0.717) is 15.8 Å². The van der Waals surface area contributed by atoms with Crippen LogP contribution in [0.2, 0.25) is 10.0 Å². The van der Waals surface area contributed by atoms with E-state index in [1.165, 1.54) is 0 Å². The third-order valence-corrected chi connectivity index (χ3v) is 4.21. The van der Waals surface area contributed by atoms with Gasteiger partial charge < -0.3 is 11.2 Å². The molecule has 1 aliphatic heterocycles. The van der Waals surface area contributed by atoms with Gasteiger partial charge in [-0.25, -0.2) is 0 Å². The van der Waals surface area contributed by atoms with Crippen molar-refractivity contribution >= 4 is 34.8 Å². The number of amides is 1. The molecule has 23 heavy (non-hydrogen) atoms. The molecule has 0 aliphatic carbocycles. The summed E-state index contributed by atoms with van der Waals surface area (Å²) in [6.45, 7) is 0. The maximum absolute atomic E-state index is 11.9. The highest BCUT2D eigenvalue weighted by molar-refractivity contribution is 6.30. The fourth-order valence-electron chi connectivity index (χ4n) is 2.56. The van der Waals surface area contributed by atoms with Crippen LogP contribution in [0.1, 0.15) is 17.2 Å². The van der Waals surface area contributed by atoms with Crippen molar-refractivity contribution in [1.82, 2.24) is 5.43 Å². The first-order valence-electron chi connectivity index (χ1n) is 7.03. The zero-order valence-electron chi connectivity index (χ0n) is 12.0. The number of carbonyl (C=O) groups excluding carboxylic acids is 1. The molecule has 0 aromatic heterocycles. The minimum atomic E-state index is -0.549. The summed E-state index contributed by atoms with van der Waals surface area (Å²) >= 11 is 11.8. The molecule has 1 heterocycles. The molecular formula is C17H14Cl2N3O. The van der Waals surface area contributed by atoms with Crippen LogP contribution in [0, 0.1) is 12.3 Å². The molecule has 0 bridgehead atoms. The highest BCUT2D eigenvalue weighted by atomic mass is 35.5. The van der Waals surface area contributed by atoms with E-state index >= 15 is 0 Å². The molecule has 4 nitrogen and oxygen atoms in total. The number of benzene rings is 2. The maximum atomic E-state index is 11.9. The smallest absolute Gasteiger partial charge is 0.228 e. The maximum Gasteiger partial charge on any atom is 0.228 e. The molecule has 2 aromatic rings. The molecule has 3 rings (SSSR count). The fraction of sp³-hybridized carbons (Fsp3) is 0.118. The Morgan fingerprint density at radius 3 is 2.17 bits per heavy atom. The number of nitrogens with one attached hydrogen (secondary N) is 1. The highest BCUT2D eigenvalue weighted by Crippen LogP contribution is 2.30. The van der Waals surface area contributed by atoms with E-state index in [1.54, 1.807) is 24.3 Å². The van der Waals surface area contributed by atoms with Crippen molar-refractivity contribution < 1.29 is 4.79 Å². The number of rotatable bonds is 4. The minimum Gasteiger partial charge on any atom is -0.369 e. The molecule has 1 radical (unpaired) electrons. The molecule has 0 fully saturated rings. The Hall–Kier alpha value is -2.04. The second-order valence-electron chi connectivity index (χ2n) is 5.27. The SMILES string of the molecule is NC(=O)C1C([CH]c2ccc(Cl)cc2)=NNC1c1ccc(Cl)cc1. The number of carbonyl (C=O) groups is 1. The normalized spacial score (nSPS) is 20.0. The van der Waals surface area contributed by atoms with Gasteiger partial charge in [0.1, 0.15) is 5.92 Å². The van der Waals surface area contributed by atoms with Gasteiger partial charge in [-0.05, 0) is 35.4 Å². The summed E-state index contributed by atoms with van der Waals surface area (Å²) in [7, 11) is 0. The summed E-state index contributed by atoms with van der Waals surface area (Å²) in [4.78, 5) is 11.9. The lowest BCUT2D eigenvalue weighted by atomic mass is 9.87. The van der Waals surface area contributed by atoms with Gasteiger partial charge >= 0.3 is 0 Å². The largest absolute Gasteiger partial charge is 0.369 e. The summed E-state index contributed by atoms with van der Waals surface area (Å²) in [6.07, 6.45) is 1.83. The lowest BCUT2D eigenvalue weighted by Gasteiger charge is -2.18. The average molecular weight is 347 g/mol. The lowest BCUT2D eigenvalue weighted by Crippen LogP contribution is -2.34. The Morgan fingerprint density at radius 2 is 1.61 bits per heavy atom. The van der Waals surface area contributed by atoms with Crippen LogP contribution in [0.4, 0.5) is 0 Å². The van der Waals surface area contributed by atoms with Crippen molar-refractivity contribution in [1.29, 1.82) is 0 Å². The predicted molar refractivity (Wildman–Crippen MR) is 92.3 cm³/mol. The van der Waals surface area contributed by atoms with Gasteiger partial charge in [0.05, 0.1) is 11.8 Å². The van der Waals surface area contributed by atoms with E-state index < -0.39 is 11.8 Å². The molecule has 117 valence electrons. The molecule has 6 heteroatoms. The van der Waals surface area contributed by atoms with Gasteiger partial charge in [-0.2, -0.15) is 5.10 Å². The molecule has 1 aliphatic rings. The van der Waals surface area contributed by atoms with Gasteiger partial charge in [0.25, 0.3) is 0 Å². The van der Waals surface area contributed by atoms with E-state index in [1.807, 2.05) is 30.7 Å². The highest BCUT2D eigenvalue weighted by Gasteiger charge is 2.37. The molecular weight excluding hydrogens is 333 g/mol. The van der Waals surface area contributed by atoms with Crippen molar-refractivity contribution in [2.24, 2.45) is 16.8 Å². The Kier molecular flexibility index (Phi) is 4.55. The topological polar surface area (TPSA) is 67.5 Å². The summed E-state index contributed by atoms with van der Waals surface area (Å²) < 4.78 is 0. The first kappa shape index (κ1) is 15.8. The van der Waals surface area contributed by atoms with E-state index in [4.69, 9.17) is 28.9 Å². The van der Waals surface area contributed by atoms with E-state index in [-0.39, 0.29) is 6.04 Å². The minimum absolute atomic E-state index is 0.302. The van der Waals surface area contributed by atoms with E-state index in [0.717, 1.165) is 11.1 Å². The zero-order valence-corrected chi connectivity index (χ0v) is 13.6. The van der Waals surface area contributed by atoms with Gasteiger partial charge in [-0.3, -0.25) is 4.79 Å². The predicted octanol–water partition coefficient (Wildman–Crippen LogP) is 3.35. The Labute approximate surface area is 144 Å². The fourth-order valence-corrected chi connectivity index (χ4v) is 2.81. The summed E-state index contributed by atoms with van der Waals surface area (Å²) in [6, 6.07) is 14.3. The third-order valence-electron chi connectivity index (χ3n) is 3.70. The summed E-state index contributed by atoms with van der Waals surface area (Å²) in [5.41, 5.74) is 11.0. The summed E-state index contributed by atoms with van der Waals surface area (Å²) in [5.74, 6) is -0.981. The van der Waals surface area contributed by atoms with Crippen LogP contribution < -0.4 is 11.2 Å². The Bertz CT molecular complexity index is 741. The Balaban J connectivity index is 1.83. The van der Waals surface area contributed by atoms with Gasteiger partial charge in [-0.15, -0.1) is 0 Å². The first-order valence-corrected chi connectivity index (χ1v) is 7.78. The number of hydrazone groups is 1. The van der Waals surface area contributed by atoms with Crippen LogP contribution in [0.25, 0.3) is 0 Å². The van der Waals surface area contributed by atoms with Crippen molar-refractivity contribution in [3.8, 4) is 0 Å². The average Bonchev–Trinajstić information content (AvgIpc) is 2.94. The monoisotopic (exact) mass is 346 g/mol. The molecule has 0 saturated carbocycles. The molecule has 0 spiro atoms. The first-order chi connectivity index (χ1) is 11.0. The third kappa shape index (κ3) is 3.49. The lowest BCUT2D eigenvalue weighted by molar-refractivity contribution is -0.120. The molecule has 2 unspecified atom stereocenters. The van der Waals surface area contributed by atoms with Crippen LogP contribution in [0.15, 0.2) is 53.6 Å². The van der Waals surface area contributed by atoms with Crippen LogP contribution in [-0.4, -0.2) is 11.6 Å². The number of halogens is 2. The van der Waals surface area contributed by atoms with Crippen molar-refractivity contribution in [3.05, 3.63) is 76.1 Å². The second kappa shape index (κ2) is 6.60. The number of hydrogen-bond acceptors (Lipinski definition) is 3. The van der Waals surface area contributed by atoms with Crippen molar-refractivity contribution in [2.45, 2.75) is 6.04 Å². The standard InChI is InChI=1S/C17H14Cl2N3O/c18-12-5-1-10(2-6-12)9-14-15(17(20)23)16(22-21-14)11-3-7-13(19)8-4-11/h1-9,15-16,22H,(H2,20,23). The quantitative estimate of drug-likeness (QED) is 0.891. The van der Waals surface area contributed by atoms with Gasteiger partial charge in [0, 0.05) is 16.5 Å². The number of primary amides is 1. The number of nitrogens with zero attached hydrogens (tertiary/aromatic N) is 1. The van der Waals surface area contributed by atoms with Crippen LogP contribution in [0.3, 0.4) is 0 Å². The molecule has 2 aromatic carbocycles. The second-order valence-corrected chi connectivity index (χ2v) is 6.14. The van der Waals surface area contributed by atoms with E-state index in [2.05, 4.69) is 10.5 Å². The van der Waals surface area contributed by atoms with Crippen LogP contribution >= 0.6 is 23.2 Å². The van der Waals surface area contributed by atoms with Gasteiger partial charge in [-0.1, -0.05) is 47.5 Å². The zero-order chi connectivity index (χ0) is 16.4. The summed E-state index contributed by atoms with van der Waals surface area (Å²) in [5, 5.41) is 5.57. The van der Waals surface area contributed by atoms with Crippen molar-refractivity contribution in [3.63, 3.8) is 0 Å². The molecule has 1 amide bonds. The molecule has 0 saturated heterocycles. The molecule has 3 N–H and O–H groups in total. The van der Waals surface area contributed by atoms with E-state index in [9.17, 15) is 4.79 Å². The number of hydrogen-bond donors (Lipinski definition) is 2. The molecule has 2 atom stereocenters. The van der Waals surface area contributed by atoms with Gasteiger partial charge in [0.2, 0.25) is 5.91 Å². The van der Waals surface area contributed by atoms with Gasteiger partial charge in [0.15, 0.2) is 0 Å². The van der Waals surface area contributed by atoms with Crippen LogP contribution in [0.5, 0.6) is 0 Å². The number of nitrogens with two attached hydrogens (primary N) is 1. The van der Waals surface area contributed by atoms with Crippen molar-refractivity contribution in [2.75, 3.05) is 0 Å². The van der Waals surface area contributed by atoms with Crippen LogP contribution in [-0.2, 0) is 4.79 Å².